The van der Waals surface area contributed by atoms with Crippen LogP contribution in [0.15, 0.2) is 315 Å². The van der Waals surface area contributed by atoms with Gasteiger partial charge in [-0.15, -0.1) is 0 Å². The van der Waals surface area contributed by atoms with Gasteiger partial charge < -0.3 is 10.2 Å². The summed E-state index contributed by atoms with van der Waals surface area (Å²) in [6, 6.07) is 109. The third-order valence-corrected chi connectivity index (χ3v) is 15.9. The lowest BCUT2D eigenvalue weighted by atomic mass is 9.63. The molecule has 1 aliphatic carbocycles. The van der Waals surface area contributed by atoms with Gasteiger partial charge in [0.25, 0.3) is 0 Å². The number of benzene rings is 12. The number of fused-ring (bicyclic) bond motifs is 2. The van der Waals surface area contributed by atoms with E-state index < -0.39 is 11.2 Å². The maximum absolute atomic E-state index is 14.1. The van der Waals surface area contributed by atoms with Crippen molar-refractivity contribution >= 4 is 23.3 Å². The largest absolute Gasteiger partial charge is 0.376 e. The molecule has 80 heavy (non-hydrogen) atoms. The first-order chi connectivity index (χ1) is 39.4. The second-order valence-corrected chi connectivity index (χ2v) is 20.5. The summed E-state index contributed by atoms with van der Waals surface area (Å²) >= 11 is 0. The van der Waals surface area contributed by atoms with Crippen molar-refractivity contribution in [2.24, 2.45) is 0 Å². The predicted octanol–water partition coefficient (Wildman–Crippen LogP) is 18.4. The van der Waals surface area contributed by atoms with Crippen molar-refractivity contribution in [2.45, 2.75) is 11.2 Å². The Hall–Kier alpha value is -9.96. The van der Waals surface area contributed by atoms with E-state index in [0.29, 0.717) is 33.4 Å². The fourth-order valence-electron chi connectivity index (χ4n) is 12.0. The first-order valence-corrected chi connectivity index (χ1v) is 27.3. The van der Waals surface area contributed by atoms with E-state index in [1.54, 1.807) is 0 Å². The normalized spacial score (nSPS) is 15.2. The smallest absolute Gasteiger partial charge is 0.141 e. The molecule has 1 aliphatic rings. The molecule has 12 aromatic rings. The number of hydrogen-bond donors (Lipinski definition) is 2. The van der Waals surface area contributed by atoms with Gasteiger partial charge in [-0.2, -0.15) is 0 Å². The van der Waals surface area contributed by atoms with Crippen molar-refractivity contribution < 1.29 is 10.2 Å². The van der Waals surface area contributed by atoms with Gasteiger partial charge >= 0.3 is 0 Å². The molecule has 2 heteroatoms. The zero-order valence-corrected chi connectivity index (χ0v) is 44.1. The van der Waals surface area contributed by atoms with Crippen LogP contribution < -0.4 is 0 Å². The number of aliphatic hydroxyl groups is 2. The molecule has 0 aliphatic heterocycles. The summed E-state index contributed by atoms with van der Waals surface area (Å²) in [5, 5.41) is 28.0. The molecule has 2 N–H and O–H groups in total. The summed E-state index contributed by atoms with van der Waals surface area (Å²) < 4.78 is 0. The predicted molar refractivity (Wildman–Crippen MR) is 331 cm³/mol. The van der Waals surface area contributed by atoms with Crippen LogP contribution in [0.3, 0.4) is 0 Å². The van der Waals surface area contributed by atoms with Gasteiger partial charge in [0.2, 0.25) is 0 Å². The molecule has 380 valence electrons. The third-order valence-electron chi connectivity index (χ3n) is 15.9. The van der Waals surface area contributed by atoms with Crippen molar-refractivity contribution in [3.63, 3.8) is 0 Å². The topological polar surface area (TPSA) is 40.5 Å². The molecule has 0 saturated carbocycles. The van der Waals surface area contributed by atoms with Crippen LogP contribution in [0.4, 0.5) is 0 Å². The van der Waals surface area contributed by atoms with Crippen LogP contribution in [0.25, 0.3) is 67.8 Å². The zero-order chi connectivity index (χ0) is 53.9. The minimum absolute atomic E-state index is 0.611. The molecule has 2 nitrogen and oxygen atoms in total. The van der Waals surface area contributed by atoms with Gasteiger partial charge in [0.1, 0.15) is 11.2 Å². The van der Waals surface area contributed by atoms with Crippen LogP contribution in [0.5, 0.6) is 0 Å². The Bertz CT molecular complexity index is 4120. The summed E-state index contributed by atoms with van der Waals surface area (Å²) in [6.45, 7) is 0. The highest BCUT2D eigenvalue weighted by Gasteiger charge is 2.51. The average Bonchev–Trinajstić information content (AvgIpc) is 3.69. The van der Waals surface area contributed by atoms with Crippen LogP contribution in [-0.4, -0.2) is 10.2 Å². The summed E-state index contributed by atoms with van der Waals surface area (Å²) in [5.74, 6) is 0. The molecule has 2 atom stereocenters. The van der Waals surface area contributed by atoms with Crippen molar-refractivity contribution in [1.29, 1.82) is 0 Å². The first-order valence-electron chi connectivity index (χ1n) is 27.3. The van der Waals surface area contributed by atoms with Crippen molar-refractivity contribution in [2.75, 3.05) is 0 Å². The third kappa shape index (κ3) is 9.13. The molecule has 0 bridgehead atoms. The summed E-state index contributed by atoms with van der Waals surface area (Å²) in [7, 11) is 0. The molecule has 0 aromatic heterocycles. The molecule has 0 fully saturated rings. The summed E-state index contributed by atoms with van der Waals surface area (Å²) in [6.07, 6.45) is 4.56. The molecule has 0 spiro atoms. The van der Waals surface area contributed by atoms with Gasteiger partial charge in [-0.1, -0.05) is 309 Å². The second-order valence-electron chi connectivity index (χ2n) is 20.5. The van der Waals surface area contributed by atoms with Gasteiger partial charge in [-0.3, -0.25) is 0 Å². The van der Waals surface area contributed by atoms with Gasteiger partial charge in [0.05, 0.1) is 0 Å². The quantitative estimate of drug-likeness (QED) is 0.120. The molecule has 13 rings (SSSR count). The first kappa shape index (κ1) is 49.6. The molecule has 0 amide bonds. The SMILES string of the molecule is OC1(c2ccc(-c3ccccc3C=C(c3ccccc3)c3ccccc3)cc2)c2ccccc2C(O)(c2ccc(-c3ccccc3C=C(c3ccccc3)c3ccccc3)cc2)c2cc(-c3ccccc3-c3ccccc3)ccc21. The Morgan fingerprint density at radius 1 is 0.237 bits per heavy atom. The van der Waals surface area contributed by atoms with E-state index >= 15 is 0 Å². The van der Waals surface area contributed by atoms with E-state index in [-0.39, 0.29) is 0 Å². The van der Waals surface area contributed by atoms with E-state index in [4.69, 9.17) is 0 Å². The van der Waals surface area contributed by atoms with E-state index in [1.165, 1.54) is 0 Å². The molecule has 0 radical (unpaired) electrons. The highest BCUT2D eigenvalue weighted by molar-refractivity contribution is 5.96. The lowest BCUT2D eigenvalue weighted by Gasteiger charge is -2.45. The lowest BCUT2D eigenvalue weighted by molar-refractivity contribution is 0.0748. The van der Waals surface area contributed by atoms with E-state index in [1.807, 2.05) is 36.4 Å². The molecule has 0 heterocycles. The maximum Gasteiger partial charge on any atom is 0.141 e. The minimum Gasteiger partial charge on any atom is -0.376 e. The Morgan fingerprint density at radius 2 is 0.525 bits per heavy atom. The van der Waals surface area contributed by atoms with E-state index in [2.05, 4.69) is 291 Å². The van der Waals surface area contributed by atoms with Crippen LogP contribution in [0.2, 0.25) is 0 Å². The monoisotopic (exact) mass is 1020 g/mol. The van der Waals surface area contributed by atoms with Crippen LogP contribution in [0, 0.1) is 0 Å². The Balaban J connectivity index is 0.946. The lowest BCUT2D eigenvalue weighted by Crippen LogP contribution is -2.44. The fourth-order valence-corrected chi connectivity index (χ4v) is 12.0. The second kappa shape index (κ2) is 21.5. The standard InChI is InChI=1S/C78H56O2/c79-77(65-47-42-60(43-48-65)67-36-18-16-34-62(67)52-71(56-26-8-2-9-27-56)57-28-10-3-11-29-57)73-40-22-23-41-74(73)78(80,76-54-64(46-51-75(76)77)70-39-21-20-38-69(70)55-24-6-1-7-25-55)66-49-44-61(45-50-66)68-37-19-17-35-63(68)53-72(58-30-12-4-13-31-58)59-32-14-5-15-33-59/h1-54,79-80H. The molecule has 12 aromatic carbocycles. The maximum atomic E-state index is 14.1. The molecule has 2 unspecified atom stereocenters. The van der Waals surface area contributed by atoms with Gasteiger partial charge in [0, 0.05) is 0 Å². The zero-order valence-electron chi connectivity index (χ0n) is 44.1. The van der Waals surface area contributed by atoms with Crippen LogP contribution in [-0.2, 0) is 11.2 Å². The van der Waals surface area contributed by atoms with Crippen LogP contribution in [0.1, 0.15) is 66.8 Å². The van der Waals surface area contributed by atoms with Gasteiger partial charge in [-0.25, -0.2) is 0 Å². The molecular formula is C78H56O2. The number of hydrogen-bond acceptors (Lipinski definition) is 2. The molecule has 0 saturated heterocycles. The minimum atomic E-state index is -1.68. The Morgan fingerprint density at radius 3 is 0.938 bits per heavy atom. The highest BCUT2D eigenvalue weighted by atomic mass is 16.3. The van der Waals surface area contributed by atoms with E-state index in [9.17, 15) is 10.2 Å². The summed E-state index contributed by atoms with van der Waals surface area (Å²) in [4.78, 5) is 0. The average molecular weight is 1030 g/mol. The fraction of sp³-hybridized carbons (Fsp3) is 0.0256. The van der Waals surface area contributed by atoms with Gasteiger partial charge in [-0.05, 0) is 141 Å². The van der Waals surface area contributed by atoms with Crippen molar-refractivity contribution in [3.05, 3.63) is 382 Å². The van der Waals surface area contributed by atoms with Crippen molar-refractivity contribution in [3.8, 4) is 44.5 Å². The van der Waals surface area contributed by atoms with Crippen molar-refractivity contribution in [1.82, 2.24) is 0 Å². The Labute approximate surface area is 468 Å². The summed E-state index contributed by atoms with van der Waals surface area (Å²) in [5.41, 5.74) is 17.8. The van der Waals surface area contributed by atoms with Gasteiger partial charge in [0.15, 0.2) is 0 Å². The highest BCUT2D eigenvalue weighted by Crippen LogP contribution is 2.54. The van der Waals surface area contributed by atoms with Crippen LogP contribution >= 0.6 is 0 Å². The molecular weight excluding hydrogens is 969 g/mol. The Kier molecular flexibility index (Phi) is 13.3. The van der Waals surface area contributed by atoms with E-state index in [0.717, 1.165) is 89.0 Å². The number of rotatable bonds is 12.